The largest absolute Gasteiger partial charge is 0.468 e. The fourth-order valence-corrected chi connectivity index (χ4v) is 2.48. The van der Waals surface area contributed by atoms with Crippen molar-refractivity contribution in [2.75, 3.05) is 13.7 Å². The molecule has 1 aliphatic rings. The van der Waals surface area contributed by atoms with Crippen LogP contribution in [0.15, 0.2) is 0 Å². The Bertz CT molecular complexity index is 316. The molecule has 0 spiro atoms. The number of rotatable bonds is 2. The molecular formula is C12H21NO2Si. The molecule has 0 aromatic carbocycles. The van der Waals surface area contributed by atoms with E-state index >= 15 is 0 Å². The molecule has 1 fully saturated rings. The van der Waals surface area contributed by atoms with Crippen LogP contribution in [0.3, 0.4) is 0 Å². The topological polar surface area (TPSA) is 38.3 Å². The third kappa shape index (κ3) is 3.36. The van der Waals surface area contributed by atoms with Crippen molar-refractivity contribution in [2.24, 2.45) is 0 Å². The average Bonchev–Trinajstić information content (AvgIpc) is 2.64. The number of hydrogen-bond acceptors (Lipinski definition) is 3. The van der Waals surface area contributed by atoms with Crippen molar-refractivity contribution < 1.29 is 9.53 Å². The normalized spacial score (nSPS) is 24.8. The number of carbonyl (C=O) groups is 1. The number of hydrogen-bond donors (Lipinski definition) is 1. The Kier molecular flexibility index (Phi) is 4.17. The molecule has 3 nitrogen and oxygen atoms in total. The van der Waals surface area contributed by atoms with Crippen LogP contribution in [0.2, 0.25) is 19.6 Å². The maximum Gasteiger partial charge on any atom is 0.327 e. The van der Waals surface area contributed by atoms with E-state index in [0.29, 0.717) is 6.42 Å². The summed E-state index contributed by atoms with van der Waals surface area (Å²) in [5.74, 6) is 3.00. The minimum Gasteiger partial charge on any atom is -0.468 e. The molecule has 90 valence electrons. The van der Waals surface area contributed by atoms with E-state index in [4.69, 9.17) is 4.74 Å². The number of methoxy groups -OCH3 is 1. The second-order valence-electron chi connectivity index (χ2n) is 5.33. The third-order valence-electron chi connectivity index (χ3n) is 2.67. The maximum atomic E-state index is 11.8. The second-order valence-corrected chi connectivity index (χ2v) is 10.1. The van der Waals surface area contributed by atoms with Crippen LogP contribution < -0.4 is 5.32 Å². The van der Waals surface area contributed by atoms with E-state index in [0.717, 1.165) is 19.4 Å². The van der Waals surface area contributed by atoms with Gasteiger partial charge in [-0.25, -0.2) is 0 Å². The van der Waals surface area contributed by atoms with Crippen molar-refractivity contribution in [1.29, 1.82) is 0 Å². The average molecular weight is 239 g/mol. The summed E-state index contributed by atoms with van der Waals surface area (Å²) in [6, 6.07) is 0. The van der Waals surface area contributed by atoms with Crippen LogP contribution in [0.5, 0.6) is 0 Å². The quantitative estimate of drug-likeness (QED) is 0.451. The Morgan fingerprint density at radius 2 is 2.19 bits per heavy atom. The van der Waals surface area contributed by atoms with Crippen LogP contribution >= 0.6 is 0 Å². The second kappa shape index (κ2) is 5.02. The van der Waals surface area contributed by atoms with E-state index < -0.39 is 13.6 Å². The summed E-state index contributed by atoms with van der Waals surface area (Å²) in [5, 5.41) is 3.25. The summed E-state index contributed by atoms with van der Waals surface area (Å²) in [6.07, 6.45) is 2.42. The number of esters is 1. The molecule has 0 aromatic rings. The molecule has 1 atom stereocenters. The minimum absolute atomic E-state index is 0.171. The summed E-state index contributed by atoms with van der Waals surface area (Å²) in [6.45, 7) is 7.48. The highest BCUT2D eigenvalue weighted by Crippen LogP contribution is 2.24. The Balaban J connectivity index is 2.72. The summed E-state index contributed by atoms with van der Waals surface area (Å²) < 4.78 is 4.86. The predicted molar refractivity (Wildman–Crippen MR) is 67.7 cm³/mol. The maximum absolute atomic E-state index is 11.8. The summed E-state index contributed by atoms with van der Waals surface area (Å²) in [4.78, 5) is 11.8. The van der Waals surface area contributed by atoms with Gasteiger partial charge in [0.15, 0.2) is 0 Å². The van der Waals surface area contributed by atoms with E-state index in [1.54, 1.807) is 0 Å². The van der Waals surface area contributed by atoms with Gasteiger partial charge in [0.25, 0.3) is 0 Å². The van der Waals surface area contributed by atoms with Gasteiger partial charge < -0.3 is 10.1 Å². The number of ether oxygens (including phenoxy) is 1. The first-order valence-corrected chi connectivity index (χ1v) is 9.23. The van der Waals surface area contributed by atoms with Crippen molar-refractivity contribution in [3.05, 3.63) is 0 Å². The zero-order chi connectivity index (χ0) is 12.2. The zero-order valence-electron chi connectivity index (χ0n) is 10.6. The van der Waals surface area contributed by atoms with Gasteiger partial charge in [-0.3, -0.25) is 4.79 Å². The number of carbonyl (C=O) groups excluding carboxylic acids is 1. The highest BCUT2D eigenvalue weighted by atomic mass is 28.3. The Hall–Kier alpha value is -0.793. The third-order valence-corrected chi connectivity index (χ3v) is 3.60. The Morgan fingerprint density at radius 3 is 2.62 bits per heavy atom. The van der Waals surface area contributed by atoms with Crippen molar-refractivity contribution in [3.8, 4) is 11.5 Å². The molecule has 0 aromatic heterocycles. The molecule has 1 heterocycles. The highest BCUT2D eigenvalue weighted by Gasteiger charge is 2.41. The van der Waals surface area contributed by atoms with Gasteiger partial charge in [-0.05, 0) is 19.4 Å². The van der Waals surface area contributed by atoms with Crippen molar-refractivity contribution in [1.82, 2.24) is 5.32 Å². The molecule has 0 saturated carbocycles. The van der Waals surface area contributed by atoms with Gasteiger partial charge in [-0.1, -0.05) is 19.6 Å². The summed E-state index contributed by atoms with van der Waals surface area (Å²) in [5.41, 5.74) is 2.75. The van der Waals surface area contributed by atoms with Crippen molar-refractivity contribution >= 4 is 14.0 Å². The van der Waals surface area contributed by atoms with Gasteiger partial charge in [-0.15, -0.1) is 11.5 Å². The van der Waals surface area contributed by atoms with Crippen LogP contribution in [-0.2, 0) is 9.53 Å². The van der Waals surface area contributed by atoms with Gasteiger partial charge in [0.05, 0.1) is 7.11 Å². The Labute approximate surface area is 99.0 Å². The predicted octanol–water partition coefficient (Wildman–Crippen LogP) is 1.55. The molecule has 0 radical (unpaired) electrons. The SMILES string of the molecule is COC(=O)[C@]1(CC#C[Si](C)(C)C)CCCN1. The van der Waals surface area contributed by atoms with E-state index in [-0.39, 0.29) is 5.97 Å². The molecule has 4 heteroatoms. The minimum atomic E-state index is -1.35. The lowest BCUT2D eigenvalue weighted by atomic mass is 9.94. The van der Waals surface area contributed by atoms with Gasteiger partial charge in [0, 0.05) is 6.42 Å². The molecule has 1 aliphatic heterocycles. The first-order chi connectivity index (χ1) is 7.40. The molecule has 0 aliphatic carbocycles. The molecule has 1 N–H and O–H groups in total. The monoisotopic (exact) mass is 239 g/mol. The fraction of sp³-hybridized carbons (Fsp3) is 0.750. The molecular weight excluding hydrogens is 218 g/mol. The highest BCUT2D eigenvalue weighted by molar-refractivity contribution is 6.83. The van der Waals surface area contributed by atoms with E-state index in [1.807, 2.05) is 0 Å². The molecule has 16 heavy (non-hydrogen) atoms. The molecule has 0 unspecified atom stereocenters. The van der Waals surface area contributed by atoms with E-state index in [1.165, 1.54) is 7.11 Å². The van der Waals surface area contributed by atoms with Crippen LogP contribution in [0.25, 0.3) is 0 Å². The van der Waals surface area contributed by atoms with Gasteiger partial charge in [-0.2, -0.15) is 0 Å². The van der Waals surface area contributed by atoms with Gasteiger partial charge in [0.1, 0.15) is 13.6 Å². The lowest BCUT2D eigenvalue weighted by Crippen LogP contribution is -2.48. The van der Waals surface area contributed by atoms with Crippen molar-refractivity contribution in [2.45, 2.75) is 44.4 Å². The standard InChI is InChI=1S/C12H21NO2Si/c1-15-11(14)12(7-5-9-13-12)8-6-10-16(2,3)4/h13H,5,7-9H2,1-4H3/t12-/m1/s1. The molecule has 0 bridgehead atoms. The molecule has 0 amide bonds. The van der Waals surface area contributed by atoms with Crippen molar-refractivity contribution in [3.63, 3.8) is 0 Å². The smallest absolute Gasteiger partial charge is 0.327 e. The fourth-order valence-electron chi connectivity index (χ4n) is 1.86. The van der Waals surface area contributed by atoms with Crippen LogP contribution in [0, 0.1) is 11.5 Å². The van der Waals surface area contributed by atoms with Crippen LogP contribution in [0.1, 0.15) is 19.3 Å². The first-order valence-electron chi connectivity index (χ1n) is 5.73. The summed E-state index contributed by atoms with van der Waals surface area (Å²) >= 11 is 0. The first kappa shape index (κ1) is 13.3. The number of nitrogens with one attached hydrogen (secondary N) is 1. The summed E-state index contributed by atoms with van der Waals surface area (Å²) in [7, 11) is 0.0924. The molecule has 1 saturated heterocycles. The van der Waals surface area contributed by atoms with Crippen LogP contribution in [-0.4, -0.2) is 33.2 Å². The lowest BCUT2D eigenvalue weighted by Gasteiger charge is -2.23. The van der Waals surface area contributed by atoms with Crippen LogP contribution in [0.4, 0.5) is 0 Å². The van der Waals surface area contributed by atoms with E-state index in [2.05, 4.69) is 36.4 Å². The van der Waals surface area contributed by atoms with Gasteiger partial charge in [0.2, 0.25) is 0 Å². The lowest BCUT2D eigenvalue weighted by molar-refractivity contribution is -0.147. The van der Waals surface area contributed by atoms with E-state index in [9.17, 15) is 4.79 Å². The van der Waals surface area contributed by atoms with Gasteiger partial charge >= 0.3 is 5.97 Å². The Morgan fingerprint density at radius 1 is 1.50 bits per heavy atom. The molecule has 1 rings (SSSR count). The zero-order valence-corrected chi connectivity index (χ0v) is 11.6.